The number of carbonyl (C=O) groups excluding carboxylic acids is 1. The van der Waals surface area contributed by atoms with Gasteiger partial charge in [-0.1, -0.05) is 36.4 Å². The highest BCUT2D eigenvalue weighted by Crippen LogP contribution is 2.22. The van der Waals surface area contributed by atoms with Gasteiger partial charge in [0.2, 0.25) is 5.91 Å². The summed E-state index contributed by atoms with van der Waals surface area (Å²) in [5, 5.41) is 0. The Hall–Kier alpha value is -2.66. The van der Waals surface area contributed by atoms with Gasteiger partial charge in [-0.05, 0) is 36.1 Å². The maximum absolute atomic E-state index is 12.7. The van der Waals surface area contributed by atoms with Gasteiger partial charge in [-0.15, -0.1) is 0 Å². The van der Waals surface area contributed by atoms with Crippen molar-refractivity contribution < 1.29 is 4.79 Å². The number of aromatic nitrogens is 2. The van der Waals surface area contributed by atoms with Gasteiger partial charge in [-0.2, -0.15) is 0 Å². The third kappa shape index (κ3) is 3.35. The van der Waals surface area contributed by atoms with E-state index in [1.807, 2.05) is 41.6 Å². The van der Waals surface area contributed by atoms with E-state index < -0.39 is 0 Å². The summed E-state index contributed by atoms with van der Waals surface area (Å²) in [4.78, 5) is 19.0. The molecule has 0 fully saturated rings. The number of para-hydroxylation sites is 2. The SMILES string of the molecule is NC1CN(C(=O)CCCn2cnc3ccccc32)CCc2ccccc21. The van der Waals surface area contributed by atoms with Crippen molar-refractivity contribution in [1.29, 1.82) is 0 Å². The number of benzene rings is 2. The van der Waals surface area contributed by atoms with Crippen LogP contribution in [0.1, 0.15) is 30.0 Å². The van der Waals surface area contributed by atoms with E-state index in [1.165, 1.54) is 11.1 Å². The molecule has 134 valence electrons. The van der Waals surface area contributed by atoms with E-state index in [1.54, 1.807) is 0 Å². The molecule has 5 heteroatoms. The zero-order chi connectivity index (χ0) is 17.9. The molecule has 1 amide bonds. The maximum Gasteiger partial charge on any atom is 0.222 e. The molecule has 0 bridgehead atoms. The highest BCUT2D eigenvalue weighted by atomic mass is 16.2. The summed E-state index contributed by atoms with van der Waals surface area (Å²) in [5.41, 5.74) is 10.9. The number of nitrogens with two attached hydrogens (primary N) is 1. The highest BCUT2D eigenvalue weighted by molar-refractivity contribution is 5.77. The number of hydrogen-bond donors (Lipinski definition) is 1. The van der Waals surface area contributed by atoms with Gasteiger partial charge in [-0.3, -0.25) is 4.79 Å². The predicted molar refractivity (Wildman–Crippen MR) is 103 cm³/mol. The van der Waals surface area contributed by atoms with Crippen LogP contribution in [0.5, 0.6) is 0 Å². The van der Waals surface area contributed by atoms with E-state index in [0.29, 0.717) is 13.0 Å². The van der Waals surface area contributed by atoms with Crippen LogP contribution in [-0.4, -0.2) is 33.4 Å². The van der Waals surface area contributed by atoms with Crippen LogP contribution in [0, 0.1) is 0 Å². The molecule has 1 aromatic heterocycles. The summed E-state index contributed by atoms with van der Waals surface area (Å²) in [6.45, 7) is 2.15. The third-order valence-corrected chi connectivity index (χ3v) is 5.19. The molecule has 1 unspecified atom stereocenters. The first-order chi connectivity index (χ1) is 12.7. The molecule has 3 aromatic rings. The maximum atomic E-state index is 12.7. The summed E-state index contributed by atoms with van der Waals surface area (Å²) in [6.07, 6.45) is 4.07. The van der Waals surface area contributed by atoms with Crippen molar-refractivity contribution in [3.63, 3.8) is 0 Å². The standard InChI is InChI=1S/C21H24N4O/c22-18-14-24(13-11-16-6-1-2-7-17(16)18)21(26)10-5-12-25-15-23-19-8-3-4-9-20(19)25/h1-4,6-9,15,18H,5,10-14,22H2. The number of hydrogen-bond acceptors (Lipinski definition) is 3. The van der Waals surface area contributed by atoms with E-state index in [4.69, 9.17) is 5.73 Å². The first kappa shape index (κ1) is 16.8. The average Bonchev–Trinajstić information content (AvgIpc) is 3.00. The number of fused-ring (bicyclic) bond motifs is 2. The van der Waals surface area contributed by atoms with Gasteiger partial charge in [0.05, 0.1) is 17.4 Å². The Morgan fingerprint density at radius 3 is 2.88 bits per heavy atom. The van der Waals surface area contributed by atoms with E-state index >= 15 is 0 Å². The Balaban J connectivity index is 1.35. The Kier molecular flexibility index (Phi) is 4.71. The minimum absolute atomic E-state index is 0.102. The number of aryl methyl sites for hydroxylation is 1. The molecule has 5 nitrogen and oxygen atoms in total. The second-order valence-corrected chi connectivity index (χ2v) is 6.93. The van der Waals surface area contributed by atoms with Crippen LogP contribution in [-0.2, 0) is 17.8 Å². The smallest absolute Gasteiger partial charge is 0.222 e. The first-order valence-electron chi connectivity index (χ1n) is 9.23. The van der Waals surface area contributed by atoms with Crippen LogP contribution >= 0.6 is 0 Å². The van der Waals surface area contributed by atoms with Crippen molar-refractivity contribution in [2.45, 2.75) is 31.8 Å². The molecular weight excluding hydrogens is 324 g/mol. The van der Waals surface area contributed by atoms with E-state index in [2.05, 4.69) is 27.8 Å². The largest absolute Gasteiger partial charge is 0.340 e. The molecule has 2 heterocycles. The van der Waals surface area contributed by atoms with Gasteiger partial charge in [0.1, 0.15) is 0 Å². The zero-order valence-electron chi connectivity index (χ0n) is 14.8. The monoisotopic (exact) mass is 348 g/mol. The highest BCUT2D eigenvalue weighted by Gasteiger charge is 2.22. The Morgan fingerprint density at radius 1 is 1.15 bits per heavy atom. The molecule has 0 saturated heterocycles. The van der Waals surface area contributed by atoms with Gasteiger partial charge < -0.3 is 15.2 Å². The van der Waals surface area contributed by atoms with Crippen LogP contribution in [0.3, 0.4) is 0 Å². The van der Waals surface area contributed by atoms with Crippen molar-refractivity contribution in [3.05, 3.63) is 66.0 Å². The Bertz CT molecular complexity index is 917. The average molecular weight is 348 g/mol. The van der Waals surface area contributed by atoms with Crippen molar-refractivity contribution >= 4 is 16.9 Å². The summed E-state index contributed by atoms with van der Waals surface area (Å²) in [6, 6.07) is 16.2. The van der Waals surface area contributed by atoms with E-state index in [9.17, 15) is 4.79 Å². The third-order valence-electron chi connectivity index (χ3n) is 5.19. The molecule has 0 saturated carbocycles. The lowest BCUT2D eigenvalue weighted by molar-refractivity contribution is -0.131. The fraction of sp³-hybridized carbons (Fsp3) is 0.333. The first-order valence-corrected chi connectivity index (χ1v) is 9.23. The molecule has 4 rings (SSSR count). The molecule has 0 spiro atoms. The number of amides is 1. The number of imidazole rings is 1. The molecule has 0 aliphatic carbocycles. The minimum Gasteiger partial charge on any atom is -0.340 e. The van der Waals surface area contributed by atoms with Crippen LogP contribution < -0.4 is 5.73 Å². The molecule has 1 aliphatic rings. The van der Waals surface area contributed by atoms with E-state index in [0.717, 1.165) is 37.0 Å². The molecular formula is C21H24N4O. The number of nitrogens with zero attached hydrogens (tertiary/aromatic N) is 3. The van der Waals surface area contributed by atoms with Crippen LogP contribution in [0.15, 0.2) is 54.9 Å². The molecule has 2 N–H and O–H groups in total. The minimum atomic E-state index is -0.102. The molecule has 1 atom stereocenters. The van der Waals surface area contributed by atoms with E-state index in [-0.39, 0.29) is 11.9 Å². The lowest BCUT2D eigenvalue weighted by Gasteiger charge is -2.23. The fourth-order valence-corrected chi connectivity index (χ4v) is 3.78. The normalized spacial score (nSPS) is 17.1. The second-order valence-electron chi connectivity index (χ2n) is 6.93. The van der Waals surface area contributed by atoms with Crippen LogP contribution in [0.4, 0.5) is 0 Å². The lowest BCUT2D eigenvalue weighted by atomic mass is 10.0. The molecule has 1 aliphatic heterocycles. The summed E-state index contributed by atoms with van der Waals surface area (Å²) in [7, 11) is 0. The topological polar surface area (TPSA) is 64.2 Å². The number of carbonyl (C=O) groups is 1. The van der Waals surface area contributed by atoms with Gasteiger partial charge in [0.15, 0.2) is 0 Å². The quantitative estimate of drug-likeness (QED) is 0.788. The molecule has 26 heavy (non-hydrogen) atoms. The van der Waals surface area contributed by atoms with Crippen molar-refractivity contribution in [1.82, 2.24) is 14.5 Å². The van der Waals surface area contributed by atoms with Gasteiger partial charge in [0.25, 0.3) is 0 Å². The summed E-state index contributed by atoms with van der Waals surface area (Å²) in [5.74, 6) is 0.192. The summed E-state index contributed by atoms with van der Waals surface area (Å²) < 4.78 is 2.12. The fourth-order valence-electron chi connectivity index (χ4n) is 3.78. The van der Waals surface area contributed by atoms with Crippen molar-refractivity contribution in [2.75, 3.05) is 13.1 Å². The molecule has 2 aromatic carbocycles. The zero-order valence-corrected chi connectivity index (χ0v) is 14.8. The lowest BCUT2D eigenvalue weighted by Crippen LogP contribution is -2.36. The van der Waals surface area contributed by atoms with Crippen LogP contribution in [0.2, 0.25) is 0 Å². The van der Waals surface area contributed by atoms with Gasteiger partial charge in [-0.25, -0.2) is 4.98 Å². The number of rotatable bonds is 4. The van der Waals surface area contributed by atoms with Crippen molar-refractivity contribution in [3.8, 4) is 0 Å². The predicted octanol–water partition coefficient (Wildman–Crippen LogP) is 2.90. The Morgan fingerprint density at radius 2 is 1.96 bits per heavy atom. The van der Waals surface area contributed by atoms with Gasteiger partial charge in [0, 0.05) is 32.1 Å². The second kappa shape index (κ2) is 7.30. The van der Waals surface area contributed by atoms with Gasteiger partial charge >= 0.3 is 0 Å². The van der Waals surface area contributed by atoms with Crippen LogP contribution in [0.25, 0.3) is 11.0 Å². The molecule has 0 radical (unpaired) electrons. The summed E-state index contributed by atoms with van der Waals surface area (Å²) >= 11 is 0. The van der Waals surface area contributed by atoms with Crippen molar-refractivity contribution in [2.24, 2.45) is 5.73 Å². The Labute approximate surface area is 153 Å².